The van der Waals surface area contributed by atoms with Gasteiger partial charge in [0.25, 0.3) is 0 Å². The molecule has 1 saturated heterocycles. The van der Waals surface area contributed by atoms with Crippen molar-refractivity contribution in [2.75, 3.05) is 6.54 Å². The van der Waals surface area contributed by atoms with Gasteiger partial charge in [-0.1, -0.05) is 6.58 Å². The first-order chi connectivity index (χ1) is 6.69. The van der Waals surface area contributed by atoms with Crippen LogP contribution in [0.5, 0.6) is 0 Å². The van der Waals surface area contributed by atoms with Gasteiger partial charge in [-0.3, -0.25) is 9.69 Å². The Hall–Kier alpha value is -1.58. The van der Waals surface area contributed by atoms with Crippen LogP contribution in [0.3, 0.4) is 0 Å². The van der Waals surface area contributed by atoms with Crippen LogP contribution in [-0.2, 0) is 14.3 Å². The Labute approximate surface area is 82.8 Å². The van der Waals surface area contributed by atoms with Crippen LogP contribution >= 0.6 is 0 Å². The van der Waals surface area contributed by atoms with Crippen molar-refractivity contribution in [2.45, 2.75) is 19.8 Å². The van der Waals surface area contributed by atoms with Gasteiger partial charge in [-0.25, -0.2) is 4.79 Å². The average Bonchev–Trinajstić information content (AvgIpc) is 2.60. The van der Waals surface area contributed by atoms with E-state index >= 15 is 0 Å². The zero-order valence-corrected chi connectivity index (χ0v) is 8.16. The molecule has 1 amide bonds. The number of ether oxygens (including phenoxy) is 1. The van der Waals surface area contributed by atoms with Gasteiger partial charge in [0.15, 0.2) is 0 Å². The SMILES string of the molecule is C=CC(=O)OC(=CC)N1CCCC1=O. The lowest BCUT2D eigenvalue weighted by Crippen LogP contribution is -2.26. The number of allylic oxidation sites excluding steroid dienone is 1. The smallest absolute Gasteiger partial charge is 0.336 e. The molecule has 1 rings (SSSR count). The Morgan fingerprint density at radius 1 is 1.64 bits per heavy atom. The first-order valence-corrected chi connectivity index (χ1v) is 4.50. The van der Waals surface area contributed by atoms with E-state index in [2.05, 4.69) is 6.58 Å². The molecule has 0 N–H and O–H groups in total. The first-order valence-electron chi connectivity index (χ1n) is 4.50. The summed E-state index contributed by atoms with van der Waals surface area (Å²) in [4.78, 5) is 23.7. The second-order valence-electron chi connectivity index (χ2n) is 2.90. The van der Waals surface area contributed by atoms with E-state index in [9.17, 15) is 9.59 Å². The molecule has 0 aliphatic carbocycles. The molecular weight excluding hydrogens is 182 g/mol. The third-order valence-electron chi connectivity index (χ3n) is 1.96. The Balaban J connectivity index is 2.67. The number of esters is 1. The highest BCUT2D eigenvalue weighted by Gasteiger charge is 2.25. The predicted molar refractivity (Wildman–Crippen MR) is 51.0 cm³/mol. The molecule has 0 aromatic rings. The normalized spacial score (nSPS) is 17.1. The summed E-state index contributed by atoms with van der Waals surface area (Å²) in [6, 6.07) is 0. The van der Waals surface area contributed by atoms with Crippen molar-refractivity contribution in [1.82, 2.24) is 4.90 Å². The summed E-state index contributed by atoms with van der Waals surface area (Å²) in [6.45, 7) is 5.62. The summed E-state index contributed by atoms with van der Waals surface area (Å²) in [6.07, 6.45) is 4.00. The first kappa shape index (κ1) is 10.5. The van der Waals surface area contributed by atoms with Crippen LogP contribution in [0.15, 0.2) is 24.6 Å². The van der Waals surface area contributed by atoms with Gasteiger partial charge in [-0.15, -0.1) is 0 Å². The van der Waals surface area contributed by atoms with Crippen LogP contribution < -0.4 is 0 Å². The molecule has 0 atom stereocenters. The Morgan fingerprint density at radius 3 is 2.79 bits per heavy atom. The minimum absolute atomic E-state index is 0.00466. The topological polar surface area (TPSA) is 46.6 Å². The summed E-state index contributed by atoms with van der Waals surface area (Å²) in [7, 11) is 0. The van der Waals surface area contributed by atoms with Crippen LogP contribution in [0.25, 0.3) is 0 Å². The number of amides is 1. The standard InChI is InChI=1S/C10H13NO3/c1-3-9(14-10(13)4-2)11-7-5-6-8(11)12/h3-4H,2,5-7H2,1H3. The molecule has 1 fully saturated rings. The molecule has 0 radical (unpaired) electrons. The Kier molecular flexibility index (Phi) is 3.45. The van der Waals surface area contributed by atoms with Crippen molar-refractivity contribution in [3.8, 4) is 0 Å². The van der Waals surface area contributed by atoms with Gasteiger partial charge in [-0.05, 0) is 19.4 Å². The van der Waals surface area contributed by atoms with E-state index in [1.165, 1.54) is 4.90 Å². The van der Waals surface area contributed by atoms with E-state index in [-0.39, 0.29) is 5.91 Å². The van der Waals surface area contributed by atoms with Crippen molar-refractivity contribution in [1.29, 1.82) is 0 Å². The van der Waals surface area contributed by atoms with Crippen LogP contribution in [0.1, 0.15) is 19.8 Å². The van der Waals surface area contributed by atoms with Gasteiger partial charge in [0, 0.05) is 19.0 Å². The van der Waals surface area contributed by atoms with Gasteiger partial charge in [-0.2, -0.15) is 0 Å². The average molecular weight is 195 g/mol. The Bertz CT molecular complexity index is 294. The largest absolute Gasteiger partial charge is 0.406 e. The van der Waals surface area contributed by atoms with Crippen molar-refractivity contribution in [3.05, 3.63) is 24.6 Å². The molecule has 0 unspecified atom stereocenters. The fraction of sp³-hybridized carbons (Fsp3) is 0.400. The van der Waals surface area contributed by atoms with E-state index in [0.717, 1.165) is 12.5 Å². The molecule has 4 heteroatoms. The molecule has 0 aromatic heterocycles. The highest BCUT2D eigenvalue weighted by Crippen LogP contribution is 2.17. The zero-order chi connectivity index (χ0) is 10.6. The molecule has 4 nitrogen and oxygen atoms in total. The molecule has 1 aliphatic rings. The third-order valence-corrected chi connectivity index (χ3v) is 1.96. The number of rotatable bonds is 3. The van der Waals surface area contributed by atoms with Gasteiger partial charge in [0.05, 0.1) is 0 Å². The molecule has 1 heterocycles. The summed E-state index contributed by atoms with van der Waals surface area (Å²) < 4.78 is 4.91. The Morgan fingerprint density at radius 2 is 2.36 bits per heavy atom. The number of likely N-dealkylation sites (tertiary alicyclic amines) is 1. The lowest BCUT2D eigenvalue weighted by atomic mass is 10.4. The molecule has 76 valence electrons. The highest BCUT2D eigenvalue weighted by atomic mass is 16.5. The molecule has 0 spiro atoms. The van der Waals surface area contributed by atoms with Crippen LogP contribution in [0.2, 0.25) is 0 Å². The second kappa shape index (κ2) is 4.60. The van der Waals surface area contributed by atoms with Crippen LogP contribution in [-0.4, -0.2) is 23.3 Å². The summed E-state index contributed by atoms with van der Waals surface area (Å²) in [5, 5.41) is 0. The van der Waals surface area contributed by atoms with E-state index in [1.807, 2.05) is 0 Å². The minimum Gasteiger partial charge on any atom is -0.406 e. The maximum absolute atomic E-state index is 11.3. The van der Waals surface area contributed by atoms with Gasteiger partial charge in [0.1, 0.15) is 0 Å². The number of hydrogen-bond acceptors (Lipinski definition) is 3. The molecule has 0 bridgehead atoms. The third kappa shape index (κ3) is 2.22. The molecule has 0 saturated carbocycles. The molecular formula is C10H13NO3. The minimum atomic E-state index is -0.544. The van der Waals surface area contributed by atoms with Crippen molar-refractivity contribution in [3.63, 3.8) is 0 Å². The predicted octanol–water partition coefficient (Wildman–Crippen LogP) is 1.20. The van der Waals surface area contributed by atoms with Crippen LogP contribution in [0, 0.1) is 0 Å². The lowest BCUT2D eigenvalue weighted by molar-refractivity contribution is -0.139. The quantitative estimate of drug-likeness (QED) is 0.386. The van der Waals surface area contributed by atoms with E-state index in [1.54, 1.807) is 13.0 Å². The number of hydrogen-bond donors (Lipinski definition) is 0. The summed E-state index contributed by atoms with van der Waals surface area (Å²) in [5.41, 5.74) is 0. The lowest BCUT2D eigenvalue weighted by Gasteiger charge is -2.17. The van der Waals surface area contributed by atoms with E-state index in [0.29, 0.717) is 18.8 Å². The maximum atomic E-state index is 11.3. The number of nitrogens with zero attached hydrogens (tertiary/aromatic N) is 1. The van der Waals surface area contributed by atoms with Gasteiger partial charge < -0.3 is 4.74 Å². The van der Waals surface area contributed by atoms with E-state index < -0.39 is 5.97 Å². The fourth-order valence-electron chi connectivity index (χ4n) is 1.30. The zero-order valence-electron chi connectivity index (χ0n) is 8.16. The molecule has 1 aliphatic heterocycles. The number of carbonyl (C=O) groups is 2. The van der Waals surface area contributed by atoms with Gasteiger partial charge >= 0.3 is 5.97 Å². The molecule has 14 heavy (non-hydrogen) atoms. The van der Waals surface area contributed by atoms with Crippen molar-refractivity contribution >= 4 is 11.9 Å². The van der Waals surface area contributed by atoms with Crippen molar-refractivity contribution < 1.29 is 14.3 Å². The van der Waals surface area contributed by atoms with Gasteiger partial charge in [0.2, 0.25) is 11.8 Å². The fourth-order valence-corrected chi connectivity index (χ4v) is 1.30. The second-order valence-corrected chi connectivity index (χ2v) is 2.90. The summed E-state index contributed by atoms with van der Waals surface area (Å²) >= 11 is 0. The van der Waals surface area contributed by atoms with E-state index in [4.69, 9.17) is 4.74 Å². The highest BCUT2D eigenvalue weighted by molar-refractivity contribution is 5.84. The monoisotopic (exact) mass is 195 g/mol. The van der Waals surface area contributed by atoms with Crippen LogP contribution in [0.4, 0.5) is 0 Å². The maximum Gasteiger partial charge on any atom is 0.336 e. The molecule has 0 aromatic carbocycles. The summed E-state index contributed by atoms with van der Waals surface area (Å²) in [5.74, 6) is -0.245. The van der Waals surface area contributed by atoms with Crippen molar-refractivity contribution in [2.24, 2.45) is 0 Å². The number of carbonyl (C=O) groups excluding carboxylic acids is 2.